The van der Waals surface area contributed by atoms with Crippen LogP contribution < -0.4 is 10.1 Å². The summed E-state index contributed by atoms with van der Waals surface area (Å²) in [6, 6.07) is 20.0. The van der Waals surface area contributed by atoms with Crippen molar-refractivity contribution in [3.05, 3.63) is 99.7 Å². The predicted octanol–water partition coefficient (Wildman–Crippen LogP) is 5.84. The number of para-hydroxylation sites is 1. The molecule has 0 aliphatic rings. The molecular weight excluding hydrogens is 447 g/mol. The number of halogens is 2. The first-order valence-corrected chi connectivity index (χ1v) is 10.9. The van der Waals surface area contributed by atoms with E-state index in [1.165, 1.54) is 0 Å². The summed E-state index contributed by atoms with van der Waals surface area (Å²) in [5, 5.41) is 15.0. The van der Waals surface area contributed by atoms with Crippen molar-refractivity contribution in [3.63, 3.8) is 0 Å². The van der Waals surface area contributed by atoms with E-state index >= 15 is 0 Å². The maximum atomic E-state index is 11.9. The molecule has 0 fully saturated rings. The second-order valence-corrected chi connectivity index (χ2v) is 8.29. The molecule has 0 spiro atoms. The maximum absolute atomic E-state index is 11.9. The molecule has 0 aliphatic heterocycles. The van der Waals surface area contributed by atoms with Gasteiger partial charge < -0.3 is 20.1 Å². The number of ether oxygens (including phenoxy) is 1. The Morgan fingerprint density at radius 3 is 2.56 bits per heavy atom. The molecule has 0 bridgehead atoms. The van der Waals surface area contributed by atoms with Crippen molar-refractivity contribution < 1.29 is 14.6 Å². The average molecular weight is 469 g/mol. The van der Waals surface area contributed by atoms with Crippen LogP contribution >= 0.6 is 23.2 Å². The van der Waals surface area contributed by atoms with E-state index < -0.39 is 12.0 Å². The van der Waals surface area contributed by atoms with E-state index in [0.29, 0.717) is 28.8 Å². The number of carbonyl (C=O) groups is 1. The molecule has 0 unspecified atom stereocenters. The van der Waals surface area contributed by atoms with Gasteiger partial charge in [-0.1, -0.05) is 59.6 Å². The zero-order valence-corrected chi connectivity index (χ0v) is 18.7. The average Bonchev–Trinajstić information content (AvgIpc) is 3.19. The summed E-state index contributed by atoms with van der Waals surface area (Å²) in [7, 11) is 0. The highest BCUT2D eigenvalue weighted by molar-refractivity contribution is 6.35. The Morgan fingerprint density at radius 2 is 1.78 bits per heavy atom. The van der Waals surface area contributed by atoms with Gasteiger partial charge in [-0.05, 0) is 41.5 Å². The number of carboxylic acid groups (broad SMARTS) is 1. The van der Waals surface area contributed by atoms with Crippen LogP contribution in [0.1, 0.15) is 16.7 Å². The molecule has 1 atom stereocenters. The Hall–Kier alpha value is -2.99. The summed E-state index contributed by atoms with van der Waals surface area (Å²) >= 11 is 12.4. The number of fused-ring (bicyclic) bond motifs is 1. The Balaban J connectivity index is 1.40. The third kappa shape index (κ3) is 5.25. The maximum Gasteiger partial charge on any atom is 0.321 e. The number of aliphatic carboxylic acids is 1. The smallest absolute Gasteiger partial charge is 0.321 e. The SMILES string of the molecule is O=C(O)[C@@H](Cc1c[nH]c2ccccc12)NCc1cccc(OCc2c(Cl)cccc2Cl)c1. The number of rotatable bonds is 9. The highest BCUT2D eigenvalue weighted by Gasteiger charge is 2.19. The molecule has 1 heterocycles. The normalized spacial score (nSPS) is 12.1. The minimum Gasteiger partial charge on any atom is -0.489 e. The zero-order chi connectivity index (χ0) is 22.5. The van der Waals surface area contributed by atoms with Crippen LogP contribution in [0.5, 0.6) is 5.75 Å². The number of hydrogen-bond donors (Lipinski definition) is 3. The molecule has 3 aromatic carbocycles. The van der Waals surface area contributed by atoms with E-state index in [-0.39, 0.29) is 6.61 Å². The van der Waals surface area contributed by atoms with Gasteiger partial charge in [-0.3, -0.25) is 4.79 Å². The largest absolute Gasteiger partial charge is 0.489 e. The van der Waals surface area contributed by atoms with Crippen LogP contribution in [0.25, 0.3) is 10.9 Å². The van der Waals surface area contributed by atoms with Crippen LogP contribution in [0, 0.1) is 0 Å². The summed E-state index contributed by atoms with van der Waals surface area (Å²) < 4.78 is 5.86. The molecule has 164 valence electrons. The van der Waals surface area contributed by atoms with Gasteiger partial charge in [0.1, 0.15) is 18.4 Å². The van der Waals surface area contributed by atoms with E-state index in [2.05, 4.69) is 10.3 Å². The molecule has 4 rings (SSSR count). The molecule has 4 aromatic rings. The standard InChI is InChI=1S/C25H22Cl2N2O3/c26-21-8-4-9-22(27)20(21)15-32-18-6-3-5-16(11-18)13-28-24(25(30)31)12-17-14-29-23-10-2-1-7-19(17)23/h1-11,14,24,28-29H,12-13,15H2,(H,30,31)/t24-/m1/s1. The lowest BCUT2D eigenvalue weighted by molar-refractivity contribution is -0.139. The van der Waals surface area contributed by atoms with Gasteiger partial charge in [0, 0.05) is 45.7 Å². The molecular formula is C25H22Cl2N2O3. The van der Waals surface area contributed by atoms with Gasteiger partial charge in [-0.25, -0.2) is 0 Å². The van der Waals surface area contributed by atoms with Crippen LogP contribution in [0.3, 0.4) is 0 Å². The van der Waals surface area contributed by atoms with Crippen LogP contribution in [0.4, 0.5) is 0 Å². The van der Waals surface area contributed by atoms with Crippen LogP contribution in [0.2, 0.25) is 10.0 Å². The van der Waals surface area contributed by atoms with Gasteiger partial charge in [0.05, 0.1) is 0 Å². The summed E-state index contributed by atoms with van der Waals surface area (Å²) in [6.07, 6.45) is 2.25. The van der Waals surface area contributed by atoms with E-state index in [1.807, 2.05) is 54.7 Å². The summed E-state index contributed by atoms with van der Waals surface area (Å²) in [5.74, 6) is -0.236. The summed E-state index contributed by atoms with van der Waals surface area (Å²) in [6.45, 7) is 0.636. The topological polar surface area (TPSA) is 74.3 Å². The number of benzene rings is 3. The van der Waals surface area contributed by atoms with Crippen molar-refractivity contribution in [3.8, 4) is 5.75 Å². The second-order valence-electron chi connectivity index (χ2n) is 7.47. The highest BCUT2D eigenvalue weighted by Crippen LogP contribution is 2.26. The lowest BCUT2D eigenvalue weighted by Crippen LogP contribution is -2.38. The van der Waals surface area contributed by atoms with Gasteiger partial charge in [0.15, 0.2) is 0 Å². The summed E-state index contributed by atoms with van der Waals surface area (Å²) in [4.78, 5) is 15.0. The number of aromatic nitrogens is 1. The lowest BCUT2D eigenvalue weighted by atomic mass is 10.0. The quantitative estimate of drug-likeness (QED) is 0.288. The number of nitrogens with one attached hydrogen (secondary N) is 2. The van der Waals surface area contributed by atoms with Crippen molar-refractivity contribution in [1.29, 1.82) is 0 Å². The second kappa shape index (κ2) is 10.1. The van der Waals surface area contributed by atoms with E-state index in [0.717, 1.165) is 27.6 Å². The van der Waals surface area contributed by atoms with Crippen molar-refractivity contribution in [2.24, 2.45) is 0 Å². The fourth-order valence-corrected chi connectivity index (χ4v) is 4.09. The van der Waals surface area contributed by atoms with Crippen molar-refractivity contribution in [2.45, 2.75) is 25.6 Å². The van der Waals surface area contributed by atoms with Crippen LogP contribution in [-0.4, -0.2) is 22.1 Å². The van der Waals surface area contributed by atoms with Gasteiger partial charge in [0.2, 0.25) is 0 Å². The number of aromatic amines is 1. The highest BCUT2D eigenvalue weighted by atomic mass is 35.5. The first-order valence-electron chi connectivity index (χ1n) is 10.2. The van der Waals surface area contributed by atoms with Gasteiger partial charge in [0.25, 0.3) is 0 Å². The Kier molecular flexibility index (Phi) is 7.00. The molecule has 0 saturated carbocycles. The third-order valence-corrected chi connectivity index (χ3v) is 6.00. The predicted molar refractivity (Wildman–Crippen MR) is 128 cm³/mol. The van der Waals surface area contributed by atoms with Crippen LogP contribution in [0.15, 0.2) is 72.9 Å². The van der Waals surface area contributed by atoms with E-state index in [9.17, 15) is 9.90 Å². The Bertz CT molecular complexity index is 1220. The molecule has 1 aromatic heterocycles. The minimum absolute atomic E-state index is 0.244. The number of hydrogen-bond acceptors (Lipinski definition) is 3. The number of carboxylic acids is 1. The third-order valence-electron chi connectivity index (χ3n) is 5.29. The minimum atomic E-state index is -0.893. The van der Waals surface area contributed by atoms with Crippen molar-refractivity contribution in [2.75, 3.05) is 0 Å². The Morgan fingerprint density at radius 1 is 1.03 bits per heavy atom. The molecule has 0 saturated heterocycles. The fourth-order valence-electron chi connectivity index (χ4n) is 3.58. The molecule has 7 heteroatoms. The summed E-state index contributed by atoms with van der Waals surface area (Å²) in [5.41, 5.74) is 3.60. The lowest BCUT2D eigenvalue weighted by Gasteiger charge is -2.15. The van der Waals surface area contributed by atoms with Gasteiger partial charge in [-0.15, -0.1) is 0 Å². The molecule has 0 radical (unpaired) electrons. The molecule has 0 aliphatic carbocycles. The zero-order valence-electron chi connectivity index (χ0n) is 17.1. The van der Waals surface area contributed by atoms with Crippen molar-refractivity contribution in [1.82, 2.24) is 10.3 Å². The fraction of sp³-hybridized carbons (Fsp3) is 0.160. The molecule has 3 N–H and O–H groups in total. The Labute approximate surface area is 195 Å². The van der Waals surface area contributed by atoms with E-state index in [1.54, 1.807) is 18.2 Å². The van der Waals surface area contributed by atoms with Crippen molar-refractivity contribution >= 4 is 40.1 Å². The van der Waals surface area contributed by atoms with E-state index in [4.69, 9.17) is 27.9 Å². The van der Waals surface area contributed by atoms with Gasteiger partial charge >= 0.3 is 5.97 Å². The molecule has 5 nitrogen and oxygen atoms in total. The first-order chi connectivity index (χ1) is 15.5. The van der Waals surface area contributed by atoms with Gasteiger partial charge in [-0.2, -0.15) is 0 Å². The molecule has 0 amide bonds. The monoisotopic (exact) mass is 468 g/mol. The molecule has 32 heavy (non-hydrogen) atoms. The number of H-pyrrole nitrogens is 1. The van der Waals surface area contributed by atoms with Crippen LogP contribution in [-0.2, 0) is 24.4 Å². The first kappa shape index (κ1) is 22.2.